The van der Waals surface area contributed by atoms with Crippen LogP contribution in [0.4, 0.5) is 18.9 Å². The lowest BCUT2D eigenvalue weighted by atomic mass is 10.2. The fourth-order valence-electron chi connectivity index (χ4n) is 4.28. The van der Waals surface area contributed by atoms with E-state index in [0.717, 1.165) is 37.8 Å². The number of para-hydroxylation sites is 2. The Balaban J connectivity index is 1.52. The summed E-state index contributed by atoms with van der Waals surface area (Å²) >= 11 is 0. The van der Waals surface area contributed by atoms with Crippen molar-refractivity contribution in [3.63, 3.8) is 0 Å². The first-order valence-electron chi connectivity index (χ1n) is 11.5. The summed E-state index contributed by atoms with van der Waals surface area (Å²) in [5.74, 6) is -0.812. The Labute approximate surface area is 199 Å². The van der Waals surface area contributed by atoms with Crippen LogP contribution in [0.25, 0.3) is 11.0 Å². The number of anilines is 1. The molecule has 2 N–H and O–H groups in total. The molecule has 4 rings (SSSR count). The van der Waals surface area contributed by atoms with Gasteiger partial charge in [0.25, 0.3) is 5.56 Å². The molecule has 2 amide bonds. The molecule has 0 bridgehead atoms. The molecule has 35 heavy (non-hydrogen) atoms. The highest BCUT2D eigenvalue weighted by atomic mass is 19.4. The van der Waals surface area contributed by atoms with Crippen molar-refractivity contribution in [1.82, 2.24) is 14.9 Å². The van der Waals surface area contributed by atoms with E-state index >= 15 is 0 Å². The molecule has 0 radical (unpaired) electrons. The van der Waals surface area contributed by atoms with E-state index in [9.17, 15) is 27.6 Å². The molecule has 1 saturated carbocycles. The number of hydrogen-bond acceptors (Lipinski definition) is 4. The largest absolute Gasteiger partial charge is 0.416 e. The Kier molecular flexibility index (Phi) is 7.18. The van der Waals surface area contributed by atoms with Gasteiger partial charge in [-0.2, -0.15) is 13.2 Å². The van der Waals surface area contributed by atoms with E-state index in [1.165, 1.54) is 16.7 Å². The number of aryl methyl sites for hydroxylation is 1. The van der Waals surface area contributed by atoms with Crippen LogP contribution >= 0.6 is 0 Å². The molecular weight excluding hydrogens is 461 g/mol. The van der Waals surface area contributed by atoms with Gasteiger partial charge in [-0.1, -0.05) is 31.0 Å². The first kappa shape index (κ1) is 24.4. The topological polar surface area (TPSA) is 93.1 Å². The SMILES string of the molecule is O=C(Cn1c(=O)c(CCC(=O)NC2CCCC2)nc2ccccc21)Nc1cccc(C(F)(F)F)c1. The minimum absolute atomic E-state index is 0.0277. The lowest BCUT2D eigenvalue weighted by Crippen LogP contribution is -2.34. The maximum atomic E-state index is 13.2. The molecule has 1 aliphatic rings. The van der Waals surface area contributed by atoms with Gasteiger partial charge in [0.15, 0.2) is 0 Å². The standard InChI is InChI=1S/C25H25F3N4O3/c26-25(27,28)16-6-5-9-18(14-16)30-23(34)15-32-21-11-4-3-10-19(21)31-20(24(32)35)12-13-22(33)29-17-7-1-2-8-17/h3-6,9-11,14,17H,1-2,7-8,12-13,15H2,(H,29,33)(H,30,34). The maximum Gasteiger partial charge on any atom is 0.416 e. The Morgan fingerprint density at radius 1 is 1.03 bits per heavy atom. The molecule has 3 aromatic rings. The third-order valence-electron chi connectivity index (χ3n) is 6.00. The van der Waals surface area contributed by atoms with E-state index in [-0.39, 0.29) is 36.2 Å². The number of carbonyl (C=O) groups excluding carboxylic acids is 2. The number of nitrogens with zero attached hydrogens (tertiary/aromatic N) is 2. The molecule has 0 saturated heterocycles. The summed E-state index contributed by atoms with van der Waals surface area (Å²) in [7, 11) is 0. The summed E-state index contributed by atoms with van der Waals surface area (Å²) in [6, 6.07) is 11.2. The van der Waals surface area contributed by atoms with E-state index in [1.807, 2.05) is 0 Å². The molecule has 0 spiro atoms. The van der Waals surface area contributed by atoms with Gasteiger partial charge in [-0.25, -0.2) is 4.98 Å². The van der Waals surface area contributed by atoms with Crippen LogP contribution in [0.5, 0.6) is 0 Å². The summed E-state index contributed by atoms with van der Waals surface area (Å²) in [6.45, 7) is -0.417. The third-order valence-corrected chi connectivity index (χ3v) is 6.00. The van der Waals surface area contributed by atoms with Crippen LogP contribution in [0.2, 0.25) is 0 Å². The van der Waals surface area contributed by atoms with Crippen molar-refractivity contribution in [2.45, 2.75) is 57.3 Å². The van der Waals surface area contributed by atoms with Crippen molar-refractivity contribution in [3.05, 3.63) is 70.1 Å². The maximum absolute atomic E-state index is 13.2. The monoisotopic (exact) mass is 486 g/mol. The molecule has 10 heteroatoms. The molecule has 1 aromatic heterocycles. The van der Waals surface area contributed by atoms with E-state index in [1.54, 1.807) is 24.3 Å². The Morgan fingerprint density at radius 2 is 1.77 bits per heavy atom. The predicted octanol–water partition coefficient (Wildman–Crippen LogP) is 4.05. The van der Waals surface area contributed by atoms with Crippen LogP contribution in [0.15, 0.2) is 53.3 Å². The number of alkyl halides is 3. The quantitative estimate of drug-likeness (QED) is 0.527. The van der Waals surface area contributed by atoms with Crippen molar-refractivity contribution >= 4 is 28.5 Å². The normalized spacial score (nSPS) is 14.3. The van der Waals surface area contributed by atoms with E-state index in [0.29, 0.717) is 11.0 Å². The number of carbonyl (C=O) groups is 2. The smallest absolute Gasteiger partial charge is 0.353 e. The van der Waals surface area contributed by atoms with Crippen LogP contribution in [-0.4, -0.2) is 27.4 Å². The molecule has 0 unspecified atom stereocenters. The fourth-order valence-corrected chi connectivity index (χ4v) is 4.28. The number of benzene rings is 2. The van der Waals surface area contributed by atoms with Gasteiger partial charge in [-0.15, -0.1) is 0 Å². The van der Waals surface area contributed by atoms with E-state index in [4.69, 9.17) is 0 Å². The molecule has 184 valence electrons. The van der Waals surface area contributed by atoms with E-state index < -0.39 is 29.8 Å². The van der Waals surface area contributed by atoms with Gasteiger partial charge in [0.2, 0.25) is 11.8 Å². The summed E-state index contributed by atoms with van der Waals surface area (Å²) in [5.41, 5.74) is -0.394. The fraction of sp³-hybridized carbons (Fsp3) is 0.360. The van der Waals surface area contributed by atoms with E-state index in [2.05, 4.69) is 15.6 Å². The molecule has 0 aliphatic heterocycles. The third kappa shape index (κ3) is 6.06. The van der Waals surface area contributed by atoms with Gasteiger partial charge in [-0.05, 0) is 43.2 Å². The van der Waals surface area contributed by atoms with Crippen molar-refractivity contribution < 1.29 is 22.8 Å². The summed E-state index contributed by atoms with van der Waals surface area (Å²) in [5, 5.41) is 5.40. The van der Waals surface area contributed by atoms with Crippen molar-refractivity contribution in [1.29, 1.82) is 0 Å². The zero-order valence-corrected chi connectivity index (χ0v) is 18.9. The average molecular weight is 486 g/mol. The van der Waals surface area contributed by atoms with Crippen LogP contribution in [0.3, 0.4) is 0 Å². The Hall–Kier alpha value is -3.69. The number of aromatic nitrogens is 2. The molecule has 7 nitrogen and oxygen atoms in total. The minimum Gasteiger partial charge on any atom is -0.353 e. The Morgan fingerprint density at radius 3 is 2.51 bits per heavy atom. The highest BCUT2D eigenvalue weighted by Crippen LogP contribution is 2.30. The van der Waals surface area contributed by atoms with Gasteiger partial charge in [-0.3, -0.25) is 19.0 Å². The summed E-state index contributed by atoms with van der Waals surface area (Å²) in [6.07, 6.45) is -0.265. The lowest BCUT2D eigenvalue weighted by molar-refractivity contribution is -0.137. The van der Waals surface area contributed by atoms with Crippen LogP contribution in [0, 0.1) is 0 Å². The number of rotatable bonds is 7. The van der Waals surface area contributed by atoms with Gasteiger partial charge in [0.1, 0.15) is 12.2 Å². The average Bonchev–Trinajstić information content (AvgIpc) is 3.32. The number of amides is 2. The predicted molar refractivity (Wildman–Crippen MR) is 125 cm³/mol. The van der Waals surface area contributed by atoms with Crippen LogP contribution in [-0.2, 0) is 28.7 Å². The minimum atomic E-state index is -4.54. The number of halogens is 3. The molecule has 0 atom stereocenters. The molecule has 1 heterocycles. The second-order valence-electron chi connectivity index (χ2n) is 8.61. The number of fused-ring (bicyclic) bond motifs is 1. The van der Waals surface area contributed by atoms with Crippen molar-refractivity contribution in [2.24, 2.45) is 0 Å². The zero-order valence-electron chi connectivity index (χ0n) is 18.9. The van der Waals surface area contributed by atoms with Crippen molar-refractivity contribution in [3.8, 4) is 0 Å². The molecule has 2 aromatic carbocycles. The Bertz CT molecular complexity index is 1300. The number of hydrogen-bond donors (Lipinski definition) is 2. The summed E-state index contributed by atoms with van der Waals surface area (Å²) in [4.78, 5) is 42.5. The van der Waals surface area contributed by atoms with Crippen molar-refractivity contribution in [2.75, 3.05) is 5.32 Å². The van der Waals surface area contributed by atoms with Gasteiger partial charge >= 0.3 is 6.18 Å². The first-order chi connectivity index (χ1) is 16.7. The highest BCUT2D eigenvalue weighted by Gasteiger charge is 2.30. The molecule has 1 fully saturated rings. The first-order valence-corrected chi connectivity index (χ1v) is 11.5. The highest BCUT2D eigenvalue weighted by molar-refractivity contribution is 5.91. The second-order valence-corrected chi connectivity index (χ2v) is 8.61. The molecule has 1 aliphatic carbocycles. The van der Waals surface area contributed by atoms with Gasteiger partial charge in [0, 0.05) is 24.6 Å². The second kappa shape index (κ2) is 10.3. The number of nitrogens with one attached hydrogen (secondary N) is 2. The van der Waals surface area contributed by atoms with Gasteiger partial charge in [0.05, 0.1) is 16.6 Å². The van der Waals surface area contributed by atoms with Crippen LogP contribution in [0.1, 0.15) is 43.4 Å². The molecular formula is C25H25F3N4O3. The summed E-state index contributed by atoms with van der Waals surface area (Å²) < 4.78 is 40.2. The lowest BCUT2D eigenvalue weighted by Gasteiger charge is -2.14. The van der Waals surface area contributed by atoms with Crippen LogP contribution < -0.4 is 16.2 Å². The zero-order chi connectivity index (χ0) is 25.0. The van der Waals surface area contributed by atoms with Gasteiger partial charge < -0.3 is 10.6 Å².